The lowest BCUT2D eigenvalue weighted by Gasteiger charge is -2.29. The number of aliphatic hydroxyl groups is 1. The predicted octanol–water partition coefficient (Wildman–Crippen LogP) is -2.69. The van der Waals surface area contributed by atoms with E-state index in [2.05, 4.69) is 10.3 Å². The topological polar surface area (TPSA) is 197 Å². The molecule has 0 spiro atoms. The van der Waals surface area contributed by atoms with Gasteiger partial charge in [-0.2, -0.15) is 0 Å². The summed E-state index contributed by atoms with van der Waals surface area (Å²) in [5, 5.41) is 21.5. The number of hydrogen-bond donors (Lipinski definition) is 6. The summed E-state index contributed by atoms with van der Waals surface area (Å²) >= 11 is 0. The molecule has 4 atom stereocenters. The molecular formula is C15H28N6O5. The minimum absolute atomic E-state index is 0.0543. The predicted molar refractivity (Wildman–Crippen MR) is 93.9 cm³/mol. The van der Waals surface area contributed by atoms with Crippen LogP contribution in [0.3, 0.4) is 0 Å². The standard InChI is InChI=1S/C15H28N6O5/c1-8(22)11(13(24)21-7-3-5-10(21)14(25)26)20-12(23)9(16)4-2-6-19-15(17)18/h8-11,22H,2-7,16H2,1H3,(H,20,23)(H,25,26)(H4,17,18,19). The first kappa shape index (κ1) is 21.6. The van der Waals surface area contributed by atoms with Crippen LogP contribution < -0.4 is 22.5 Å². The van der Waals surface area contributed by atoms with Gasteiger partial charge in [0, 0.05) is 13.1 Å². The third-order valence-electron chi connectivity index (χ3n) is 4.17. The van der Waals surface area contributed by atoms with Gasteiger partial charge in [0.05, 0.1) is 12.1 Å². The molecule has 9 N–H and O–H groups in total. The summed E-state index contributed by atoms with van der Waals surface area (Å²) < 4.78 is 0. The van der Waals surface area contributed by atoms with E-state index in [1.54, 1.807) is 0 Å². The van der Waals surface area contributed by atoms with Crippen LogP contribution in [-0.2, 0) is 14.4 Å². The SMILES string of the molecule is CC(O)C(NC(=O)C(N)CCCN=C(N)N)C(=O)N1CCCC1C(=O)O. The summed E-state index contributed by atoms with van der Waals surface area (Å²) in [6.07, 6.45) is 0.437. The number of aliphatic carboxylic acids is 1. The van der Waals surface area contributed by atoms with Gasteiger partial charge in [0.15, 0.2) is 5.96 Å². The molecule has 1 heterocycles. The van der Waals surface area contributed by atoms with Crippen molar-refractivity contribution in [2.45, 2.75) is 56.8 Å². The zero-order chi connectivity index (χ0) is 19.9. The van der Waals surface area contributed by atoms with E-state index in [0.29, 0.717) is 25.8 Å². The molecule has 0 aromatic rings. The van der Waals surface area contributed by atoms with Crippen molar-refractivity contribution in [1.29, 1.82) is 0 Å². The van der Waals surface area contributed by atoms with E-state index in [1.807, 2.05) is 0 Å². The number of aliphatic imine (C=N–C) groups is 1. The van der Waals surface area contributed by atoms with Crippen LogP contribution in [0.15, 0.2) is 4.99 Å². The Morgan fingerprint density at radius 2 is 2.00 bits per heavy atom. The molecule has 4 unspecified atom stereocenters. The highest BCUT2D eigenvalue weighted by Crippen LogP contribution is 2.19. The molecule has 148 valence electrons. The fourth-order valence-electron chi connectivity index (χ4n) is 2.77. The molecule has 0 aliphatic carbocycles. The van der Waals surface area contributed by atoms with Gasteiger partial charge in [-0.05, 0) is 32.6 Å². The van der Waals surface area contributed by atoms with Gasteiger partial charge in [-0.15, -0.1) is 0 Å². The lowest BCUT2D eigenvalue weighted by molar-refractivity contribution is -0.150. The first-order chi connectivity index (χ1) is 12.1. The Morgan fingerprint density at radius 3 is 2.54 bits per heavy atom. The number of rotatable bonds is 9. The van der Waals surface area contributed by atoms with Crippen molar-refractivity contribution in [1.82, 2.24) is 10.2 Å². The van der Waals surface area contributed by atoms with Crippen LogP contribution in [0.1, 0.15) is 32.6 Å². The summed E-state index contributed by atoms with van der Waals surface area (Å²) in [7, 11) is 0. The number of nitrogens with one attached hydrogen (secondary N) is 1. The Balaban J connectivity index is 2.66. The Kier molecular flexibility index (Phi) is 8.26. The molecule has 1 fully saturated rings. The van der Waals surface area contributed by atoms with Crippen LogP contribution in [0.2, 0.25) is 0 Å². The average Bonchev–Trinajstić information content (AvgIpc) is 3.04. The van der Waals surface area contributed by atoms with Gasteiger partial charge < -0.3 is 37.6 Å². The molecule has 0 aromatic carbocycles. The van der Waals surface area contributed by atoms with Gasteiger partial charge in [0.25, 0.3) is 0 Å². The number of hydrogen-bond acceptors (Lipinski definition) is 6. The van der Waals surface area contributed by atoms with Crippen LogP contribution in [0, 0.1) is 0 Å². The van der Waals surface area contributed by atoms with Crippen molar-refractivity contribution in [3.8, 4) is 0 Å². The van der Waals surface area contributed by atoms with Gasteiger partial charge >= 0.3 is 5.97 Å². The number of aliphatic hydroxyl groups excluding tert-OH is 1. The molecule has 26 heavy (non-hydrogen) atoms. The molecule has 1 saturated heterocycles. The van der Waals surface area contributed by atoms with E-state index in [-0.39, 0.29) is 18.9 Å². The molecule has 2 amide bonds. The normalized spacial score (nSPS) is 20.1. The summed E-state index contributed by atoms with van der Waals surface area (Å²) in [4.78, 5) is 41.0. The number of nitrogens with zero attached hydrogens (tertiary/aromatic N) is 2. The summed E-state index contributed by atoms with van der Waals surface area (Å²) in [6, 6.07) is -3.12. The van der Waals surface area contributed by atoms with E-state index in [4.69, 9.17) is 17.2 Å². The number of amides is 2. The third-order valence-corrected chi connectivity index (χ3v) is 4.17. The van der Waals surface area contributed by atoms with Crippen LogP contribution in [0.5, 0.6) is 0 Å². The molecule has 1 aliphatic heterocycles. The summed E-state index contributed by atoms with van der Waals surface area (Å²) in [6.45, 7) is 1.93. The molecule has 1 rings (SSSR count). The van der Waals surface area contributed by atoms with Crippen LogP contribution in [0.25, 0.3) is 0 Å². The first-order valence-electron chi connectivity index (χ1n) is 8.47. The fourth-order valence-corrected chi connectivity index (χ4v) is 2.77. The molecule has 0 radical (unpaired) electrons. The van der Waals surface area contributed by atoms with Crippen molar-refractivity contribution < 1.29 is 24.6 Å². The molecule has 11 heteroatoms. The highest BCUT2D eigenvalue weighted by atomic mass is 16.4. The number of carbonyl (C=O) groups excluding carboxylic acids is 2. The highest BCUT2D eigenvalue weighted by Gasteiger charge is 2.39. The monoisotopic (exact) mass is 372 g/mol. The number of nitrogens with two attached hydrogens (primary N) is 3. The van der Waals surface area contributed by atoms with Crippen molar-refractivity contribution in [3.05, 3.63) is 0 Å². The number of carbonyl (C=O) groups is 3. The smallest absolute Gasteiger partial charge is 0.326 e. The van der Waals surface area contributed by atoms with Crippen LogP contribution >= 0.6 is 0 Å². The van der Waals surface area contributed by atoms with E-state index in [1.165, 1.54) is 11.8 Å². The van der Waals surface area contributed by atoms with Crippen LogP contribution in [-0.4, -0.2) is 76.2 Å². The molecule has 1 aliphatic rings. The first-order valence-corrected chi connectivity index (χ1v) is 8.47. The number of guanidine groups is 1. The zero-order valence-electron chi connectivity index (χ0n) is 14.8. The number of likely N-dealkylation sites (tertiary alicyclic amines) is 1. The summed E-state index contributed by atoms with van der Waals surface area (Å²) in [5.41, 5.74) is 16.2. The average molecular weight is 372 g/mol. The van der Waals surface area contributed by atoms with Crippen molar-refractivity contribution >= 4 is 23.7 Å². The maximum absolute atomic E-state index is 12.6. The molecule has 0 aromatic heterocycles. The second-order valence-corrected chi connectivity index (χ2v) is 6.31. The van der Waals surface area contributed by atoms with E-state index in [9.17, 15) is 24.6 Å². The van der Waals surface area contributed by atoms with Gasteiger partial charge in [-0.3, -0.25) is 14.6 Å². The Morgan fingerprint density at radius 1 is 1.35 bits per heavy atom. The highest BCUT2D eigenvalue weighted by molar-refractivity contribution is 5.92. The molecule has 0 saturated carbocycles. The third kappa shape index (κ3) is 6.15. The maximum Gasteiger partial charge on any atom is 0.326 e. The van der Waals surface area contributed by atoms with E-state index >= 15 is 0 Å². The number of carboxylic acid groups (broad SMARTS) is 1. The van der Waals surface area contributed by atoms with Gasteiger partial charge in [-0.1, -0.05) is 0 Å². The second kappa shape index (κ2) is 9.92. The Bertz CT molecular complexity index is 549. The lowest BCUT2D eigenvalue weighted by atomic mass is 10.1. The van der Waals surface area contributed by atoms with Gasteiger partial charge in [-0.25, -0.2) is 4.79 Å². The lowest BCUT2D eigenvalue weighted by Crippen LogP contribution is -2.58. The van der Waals surface area contributed by atoms with Crippen molar-refractivity contribution in [2.24, 2.45) is 22.2 Å². The Labute approximate surface area is 151 Å². The maximum atomic E-state index is 12.6. The van der Waals surface area contributed by atoms with Crippen molar-refractivity contribution in [3.63, 3.8) is 0 Å². The molecule has 0 bridgehead atoms. The minimum atomic E-state index is -1.26. The number of carboxylic acids is 1. The zero-order valence-corrected chi connectivity index (χ0v) is 14.8. The van der Waals surface area contributed by atoms with E-state index in [0.717, 1.165) is 0 Å². The summed E-state index contributed by atoms with van der Waals surface area (Å²) in [5.74, 6) is -2.41. The molecular weight excluding hydrogens is 344 g/mol. The van der Waals surface area contributed by atoms with Crippen molar-refractivity contribution in [2.75, 3.05) is 13.1 Å². The Hall–Kier alpha value is -2.40. The van der Waals surface area contributed by atoms with Gasteiger partial charge in [0.2, 0.25) is 11.8 Å². The minimum Gasteiger partial charge on any atom is -0.480 e. The second-order valence-electron chi connectivity index (χ2n) is 6.31. The molecule has 11 nitrogen and oxygen atoms in total. The fraction of sp³-hybridized carbons (Fsp3) is 0.733. The largest absolute Gasteiger partial charge is 0.480 e. The van der Waals surface area contributed by atoms with Gasteiger partial charge in [0.1, 0.15) is 12.1 Å². The van der Waals surface area contributed by atoms with Crippen LogP contribution in [0.4, 0.5) is 0 Å². The quantitative estimate of drug-likeness (QED) is 0.143. The van der Waals surface area contributed by atoms with E-state index < -0.39 is 42.0 Å².